The molecule has 0 spiro atoms. The molecular formula is C32H33ClFN3O3S. The van der Waals surface area contributed by atoms with Crippen LogP contribution in [0.3, 0.4) is 0 Å². The van der Waals surface area contributed by atoms with Gasteiger partial charge in [-0.15, -0.1) is 11.3 Å². The van der Waals surface area contributed by atoms with Crippen LogP contribution in [0.1, 0.15) is 61.7 Å². The summed E-state index contributed by atoms with van der Waals surface area (Å²) in [5, 5.41) is 3.41. The van der Waals surface area contributed by atoms with Gasteiger partial charge < -0.3 is 15.0 Å². The van der Waals surface area contributed by atoms with E-state index in [0.29, 0.717) is 41.8 Å². The minimum Gasteiger partial charge on any atom is -0.444 e. The summed E-state index contributed by atoms with van der Waals surface area (Å²) in [6, 6.07) is 16.6. The number of ether oxygens (including phenoxy) is 1. The number of aromatic nitrogens is 1. The highest BCUT2D eigenvalue weighted by Crippen LogP contribution is 2.39. The second-order valence-electron chi connectivity index (χ2n) is 11.4. The molecule has 1 aliphatic carbocycles. The van der Waals surface area contributed by atoms with Crippen molar-refractivity contribution in [2.75, 3.05) is 0 Å². The number of benzene rings is 2. The van der Waals surface area contributed by atoms with E-state index in [9.17, 15) is 14.0 Å². The van der Waals surface area contributed by atoms with E-state index in [0.717, 1.165) is 16.7 Å². The molecule has 2 heterocycles. The first-order valence-electron chi connectivity index (χ1n) is 13.8. The van der Waals surface area contributed by atoms with Gasteiger partial charge in [-0.25, -0.2) is 9.18 Å². The Morgan fingerprint density at radius 2 is 1.80 bits per heavy atom. The van der Waals surface area contributed by atoms with Gasteiger partial charge in [0.2, 0.25) is 0 Å². The van der Waals surface area contributed by atoms with Gasteiger partial charge in [-0.2, -0.15) is 0 Å². The first kappa shape index (κ1) is 29.0. The van der Waals surface area contributed by atoms with Gasteiger partial charge in [-0.3, -0.25) is 9.78 Å². The minimum atomic E-state index is -0.572. The molecule has 2 amide bonds. The number of amides is 2. The third kappa shape index (κ3) is 6.88. The number of carbonyl (C=O) groups is 2. The molecule has 214 valence electrons. The van der Waals surface area contributed by atoms with Crippen LogP contribution in [-0.2, 0) is 11.3 Å². The van der Waals surface area contributed by atoms with E-state index in [1.165, 1.54) is 17.4 Å². The number of hydrogen-bond acceptors (Lipinski definition) is 5. The van der Waals surface area contributed by atoms with Gasteiger partial charge in [0.05, 0.1) is 5.02 Å². The topological polar surface area (TPSA) is 71.5 Å². The van der Waals surface area contributed by atoms with Crippen molar-refractivity contribution in [3.63, 3.8) is 0 Å². The maximum atomic E-state index is 14.6. The molecule has 1 saturated carbocycles. The SMILES string of the molecule is CC(C)(C)OC(=O)N[C@H]1CC[C@H](N(Cc2cccc(-c3cccnc3)c2)C(=O)c2sc3cccc(F)c3c2Cl)CC1. The van der Waals surface area contributed by atoms with Gasteiger partial charge in [-0.1, -0.05) is 41.9 Å². The summed E-state index contributed by atoms with van der Waals surface area (Å²) in [4.78, 5) is 32.9. The fourth-order valence-corrected chi connectivity index (χ4v) is 6.80. The summed E-state index contributed by atoms with van der Waals surface area (Å²) in [6.07, 6.45) is 5.93. The smallest absolute Gasteiger partial charge is 0.407 e. The molecule has 0 aliphatic heterocycles. The van der Waals surface area contributed by atoms with Crippen LogP contribution in [0.25, 0.3) is 21.2 Å². The number of thiophene rings is 1. The van der Waals surface area contributed by atoms with Crippen LogP contribution in [0, 0.1) is 5.82 Å². The van der Waals surface area contributed by atoms with Crippen molar-refractivity contribution >= 4 is 45.0 Å². The second kappa shape index (κ2) is 12.2. The van der Waals surface area contributed by atoms with Gasteiger partial charge in [0.1, 0.15) is 16.3 Å². The number of halogens is 2. The van der Waals surface area contributed by atoms with Crippen molar-refractivity contribution in [1.82, 2.24) is 15.2 Å². The molecule has 1 N–H and O–H groups in total. The van der Waals surface area contributed by atoms with Gasteiger partial charge in [0.15, 0.2) is 0 Å². The maximum Gasteiger partial charge on any atom is 0.407 e. The van der Waals surface area contributed by atoms with Crippen molar-refractivity contribution in [3.8, 4) is 11.1 Å². The number of nitrogens with zero attached hydrogens (tertiary/aromatic N) is 2. The molecule has 41 heavy (non-hydrogen) atoms. The Kier molecular flexibility index (Phi) is 8.61. The van der Waals surface area contributed by atoms with Crippen LogP contribution in [0.15, 0.2) is 67.0 Å². The fourth-order valence-electron chi connectivity index (χ4n) is 5.29. The molecule has 0 unspecified atom stereocenters. The fraction of sp³-hybridized carbons (Fsp3) is 0.344. The zero-order valence-electron chi connectivity index (χ0n) is 23.3. The first-order chi connectivity index (χ1) is 19.6. The molecule has 1 fully saturated rings. The van der Waals surface area contributed by atoms with E-state index in [1.807, 2.05) is 62.2 Å². The number of alkyl carbamates (subject to hydrolysis) is 1. The average molecular weight is 594 g/mol. The van der Waals surface area contributed by atoms with Crippen LogP contribution in [0.2, 0.25) is 5.02 Å². The van der Waals surface area contributed by atoms with E-state index < -0.39 is 17.5 Å². The standard InChI is InChI=1S/C32H33ClFN3O3S/c1-32(2,3)40-31(39)36-23-12-14-24(15-13-23)37(19-20-7-4-8-21(17-20)22-9-6-16-35-18-22)30(38)29-28(33)27-25(34)10-5-11-26(27)41-29/h4-11,16-18,23-24H,12-15,19H2,1-3H3,(H,36,39)/t23-,24-. The normalized spacial score (nSPS) is 17.3. The zero-order valence-corrected chi connectivity index (χ0v) is 24.9. The Morgan fingerprint density at radius 1 is 1.07 bits per heavy atom. The maximum absolute atomic E-state index is 14.6. The lowest BCUT2D eigenvalue weighted by atomic mass is 9.89. The summed E-state index contributed by atoms with van der Waals surface area (Å²) >= 11 is 7.85. The number of hydrogen-bond donors (Lipinski definition) is 1. The molecule has 1 aliphatic rings. The molecule has 6 nitrogen and oxygen atoms in total. The molecule has 0 radical (unpaired) electrons. The van der Waals surface area contributed by atoms with Crippen molar-refractivity contribution in [1.29, 1.82) is 0 Å². The number of rotatable bonds is 6. The molecule has 9 heteroatoms. The lowest BCUT2D eigenvalue weighted by Gasteiger charge is -2.37. The van der Waals surface area contributed by atoms with E-state index in [1.54, 1.807) is 18.3 Å². The van der Waals surface area contributed by atoms with Gasteiger partial charge >= 0.3 is 6.09 Å². The molecule has 0 bridgehead atoms. The Bertz CT molecular complexity index is 1550. The Labute approximate surface area is 248 Å². The Hall–Kier alpha value is -3.49. The highest BCUT2D eigenvalue weighted by Gasteiger charge is 2.33. The van der Waals surface area contributed by atoms with Crippen LogP contribution in [0.5, 0.6) is 0 Å². The first-order valence-corrected chi connectivity index (χ1v) is 14.9. The lowest BCUT2D eigenvalue weighted by molar-refractivity contribution is 0.0454. The summed E-state index contributed by atoms with van der Waals surface area (Å²) in [5.74, 6) is -0.654. The molecule has 4 aromatic rings. The quantitative estimate of drug-likeness (QED) is 0.244. The molecule has 2 aromatic heterocycles. The van der Waals surface area contributed by atoms with E-state index in [2.05, 4.69) is 16.4 Å². The molecule has 5 rings (SSSR count). The summed E-state index contributed by atoms with van der Waals surface area (Å²) in [5.41, 5.74) is 2.40. The van der Waals surface area contributed by atoms with Crippen LogP contribution < -0.4 is 5.32 Å². The van der Waals surface area contributed by atoms with Gasteiger partial charge in [0, 0.05) is 41.1 Å². The number of carbonyl (C=O) groups excluding carboxylic acids is 2. The van der Waals surface area contributed by atoms with Crippen LogP contribution >= 0.6 is 22.9 Å². The lowest BCUT2D eigenvalue weighted by Crippen LogP contribution is -2.46. The predicted molar refractivity (Wildman–Crippen MR) is 162 cm³/mol. The number of pyridine rings is 1. The van der Waals surface area contributed by atoms with Gasteiger partial charge in [0.25, 0.3) is 5.91 Å². The van der Waals surface area contributed by atoms with Gasteiger partial charge in [-0.05, 0) is 87.4 Å². The Morgan fingerprint density at radius 3 is 2.49 bits per heavy atom. The molecule has 0 atom stereocenters. The highest BCUT2D eigenvalue weighted by atomic mass is 35.5. The molecular weight excluding hydrogens is 561 g/mol. The van der Waals surface area contributed by atoms with Crippen molar-refractivity contribution in [3.05, 3.63) is 88.3 Å². The van der Waals surface area contributed by atoms with Crippen LogP contribution in [0.4, 0.5) is 9.18 Å². The Balaban J connectivity index is 1.40. The average Bonchev–Trinajstić information content (AvgIpc) is 3.29. The van der Waals surface area contributed by atoms with E-state index >= 15 is 0 Å². The third-order valence-electron chi connectivity index (χ3n) is 7.19. The predicted octanol–water partition coefficient (Wildman–Crippen LogP) is 8.23. The molecule has 2 aromatic carbocycles. The minimum absolute atomic E-state index is 0.0334. The largest absolute Gasteiger partial charge is 0.444 e. The molecule has 0 saturated heterocycles. The summed E-state index contributed by atoms with van der Waals surface area (Å²) in [6.45, 7) is 5.87. The van der Waals surface area contributed by atoms with Crippen LogP contribution in [-0.4, -0.2) is 39.6 Å². The monoisotopic (exact) mass is 593 g/mol. The number of nitrogens with one attached hydrogen (secondary N) is 1. The number of fused-ring (bicyclic) bond motifs is 1. The van der Waals surface area contributed by atoms with E-state index in [4.69, 9.17) is 16.3 Å². The summed E-state index contributed by atoms with van der Waals surface area (Å²) < 4.78 is 20.7. The van der Waals surface area contributed by atoms with E-state index in [-0.39, 0.29) is 28.4 Å². The second-order valence-corrected chi connectivity index (χ2v) is 12.8. The van der Waals surface area contributed by atoms with Crippen molar-refractivity contribution in [2.45, 2.75) is 70.7 Å². The summed E-state index contributed by atoms with van der Waals surface area (Å²) in [7, 11) is 0. The zero-order chi connectivity index (χ0) is 29.1. The highest BCUT2D eigenvalue weighted by molar-refractivity contribution is 7.21. The van der Waals surface area contributed by atoms with Crippen molar-refractivity contribution < 1.29 is 18.7 Å². The van der Waals surface area contributed by atoms with Crippen molar-refractivity contribution in [2.24, 2.45) is 0 Å². The third-order valence-corrected chi connectivity index (χ3v) is 8.83.